The zero-order valence-corrected chi connectivity index (χ0v) is 39.5. The highest BCUT2D eigenvalue weighted by Gasteiger charge is 2.20. The fourth-order valence-corrected chi connectivity index (χ4v) is 7.92. The zero-order chi connectivity index (χ0) is 43.0. The predicted molar refractivity (Wildman–Crippen MR) is 255 cm³/mol. The van der Waals surface area contributed by atoms with Gasteiger partial charge in [-0.3, -0.25) is 9.59 Å². The Hall–Kier alpha value is -1.66. The number of aliphatic hydroxyl groups excluding tert-OH is 2. The van der Waals surface area contributed by atoms with Gasteiger partial charge in [0.15, 0.2) is 0 Å². The number of amides is 1. The molecular formula is C53H101NO5. The predicted octanol–water partition coefficient (Wildman–Crippen LogP) is 15.5. The number of hydrogen-bond donors (Lipinski definition) is 3. The van der Waals surface area contributed by atoms with Gasteiger partial charge < -0.3 is 20.3 Å². The van der Waals surface area contributed by atoms with Gasteiger partial charge in [-0.15, -0.1) is 0 Å². The molecule has 0 aromatic heterocycles. The molecule has 6 nitrogen and oxygen atoms in total. The van der Waals surface area contributed by atoms with Crippen molar-refractivity contribution >= 4 is 11.9 Å². The Labute approximate surface area is 367 Å². The fourth-order valence-electron chi connectivity index (χ4n) is 7.92. The molecule has 348 valence electrons. The number of ether oxygens (including phenoxy) is 1. The summed E-state index contributed by atoms with van der Waals surface area (Å²) in [6.45, 7) is 4.91. The lowest BCUT2D eigenvalue weighted by Crippen LogP contribution is -2.45. The summed E-state index contributed by atoms with van der Waals surface area (Å²) in [7, 11) is 0. The minimum atomic E-state index is -0.670. The number of rotatable bonds is 48. The Morgan fingerprint density at radius 2 is 0.797 bits per heavy atom. The molecule has 0 rings (SSSR count). The van der Waals surface area contributed by atoms with E-state index in [4.69, 9.17) is 4.74 Å². The lowest BCUT2D eigenvalue weighted by Gasteiger charge is -2.22. The van der Waals surface area contributed by atoms with Gasteiger partial charge in [-0.1, -0.05) is 212 Å². The lowest BCUT2D eigenvalue weighted by molar-refractivity contribution is -0.143. The molecule has 0 fully saturated rings. The maximum atomic E-state index is 12.4. The SMILES string of the molecule is CCCCCCC/C=C\CCCCCCCC(=O)OCCCCCCCC/C=C\CCCCCCCCCC(=O)NC(CO)C(O)CCCCCCCCCCCCC. The van der Waals surface area contributed by atoms with Gasteiger partial charge in [0.2, 0.25) is 5.91 Å². The van der Waals surface area contributed by atoms with Crippen LogP contribution in [0.15, 0.2) is 24.3 Å². The summed E-state index contributed by atoms with van der Waals surface area (Å²) in [6.07, 6.45) is 57.2. The van der Waals surface area contributed by atoms with Crippen molar-refractivity contribution in [3.05, 3.63) is 24.3 Å². The van der Waals surface area contributed by atoms with Gasteiger partial charge in [0.25, 0.3) is 0 Å². The van der Waals surface area contributed by atoms with Crippen molar-refractivity contribution in [2.24, 2.45) is 0 Å². The van der Waals surface area contributed by atoms with Crippen LogP contribution in [0.3, 0.4) is 0 Å². The Kier molecular flexibility index (Phi) is 47.6. The first kappa shape index (κ1) is 57.3. The molecule has 59 heavy (non-hydrogen) atoms. The van der Waals surface area contributed by atoms with Gasteiger partial charge in [0.05, 0.1) is 25.4 Å². The van der Waals surface area contributed by atoms with Crippen LogP contribution in [0.4, 0.5) is 0 Å². The number of allylic oxidation sites excluding steroid dienone is 4. The Bertz CT molecular complexity index is 920. The third kappa shape index (κ3) is 45.7. The average molecular weight is 832 g/mol. The van der Waals surface area contributed by atoms with E-state index in [1.54, 1.807) is 0 Å². The van der Waals surface area contributed by atoms with Crippen molar-refractivity contribution in [3.63, 3.8) is 0 Å². The van der Waals surface area contributed by atoms with Crippen LogP contribution in [0.5, 0.6) is 0 Å². The van der Waals surface area contributed by atoms with Gasteiger partial charge in [-0.25, -0.2) is 0 Å². The van der Waals surface area contributed by atoms with E-state index in [1.165, 1.54) is 186 Å². The van der Waals surface area contributed by atoms with Crippen molar-refractivity contribution in [2.75, 3.05) is 13.2 Å². The standard InChI is InChI=1S/C53H101NO5/c1-3-5-7-9-11-13-15-16-23-27-31-35-39-43-47-53(58)59-48-44-40-36-32-28-24-21-19-17-18-20-22-26-30-34-38-42-46-52(57)54-50(49-55)51(56)45-41-37-33-29-25-14-12-10-8-6-4-2/h15-17,19,50-51,55-56H,3-14,18,20-49H2,1-2H3,(H,54,57)/b16-15-,19-17-. The smallest absolute Gasteiger partial charge is 0.305 e. The summed E-state index contributed by atoms with van der Waals surface area (Å²) in [5.41, 5.74) is 0. The molecule has 0 aromatic carbocycles. The van der Waals surface area contributed by atoms with Crippen LogP contribution in [-0.4, -0.2) is 47.4 Å². The number of nitrogens with one attached hydrogen (secondary N) is 1. The van der Waals surface area contributed by atoms with Crippen LogP contribution in [0.1, 0.15) is 277 Å². The normalized spacial score (nSPS) is 12.8. The average Bonchev–Trinajstić information content (AvgIpc) is 3.24. The number of carbonyl (C=O) groups is 2. The van der Waals surface area contributed by atoms with E-state index in [9.17, 15) is 19.8 Å². The topological polar surface area (TPSA) is 95.9 Å². The molecule has 0 aliphatic rings. The molecule has 0 spiro atoms. The van der Waals surface area contributed by atoms with Crippen LogP contribution < -0.4 is 5.32 Å². The van der Waals surface area contributed by atoms with Gasteiger partial charge in [0, 0.05) is 12.8 Å². The molecular weight excluding hydrogens is 731 g/mol. The van der Waals surface area contributed by atoms with Crippen molar-refractivity contribution in [3.8, 4) is 0 Å². The number of unbranched alkanes of at least 4 members (excludes halogenated alkanes) is 33. The van der Waals surface area contributed by atoms with Crippen molar-refractivity contribution in [1.82, 2.24) is 5.32 Å². The second-order valence-corrected chi connectivity index (χ2v) is 17.8. The molecule has 0 bridgehead atoms. The first-order chi connectivity index (χ1) is 29.0. The molecule has 3 N–H and O–H groups in total. The zero-order valence-electron chi connectivity index (χ0n) is 39.5. The van der Waals surface area contributed by atoms with Gasteiger partial charge in [-0.05, 0) is 77.0 Å². The summed E-state index contributed by atoms with van der Waals surface area (Å²) in [5, 5.41) is 23.1. The van der Waals surface area contributed by atoms with E-state index in [0.29, 0.717) is 25.9 Å². The van der Waals surface area contributed by atoms with Crippen LogP contribution in [0.25, 0.3) is 0 Å². The van der Waals surface area contributed by atoms with E-state index in [-0.39, 0.29) is 18.5 Å². The summed E-state index contributed by atoms with van der Waals surface area (Å²) in [5.74, 6) is -0.0593. The molecule has 0 saturated carbocycles. The third-order valence-corrected chi connectivity index (χ3v) is 12.0. The lowest BCUT2D eigenvalue weighted by atomic mass is 10.0. The summed E-state index contributed by atoms with van der Waals surface area (Å²) in [6, 6.07) is -0.549. The van der Waals surface area contributed by atoms with Gasteiger partial charge in [0.1, 0.15) is 0 Å². The van der Waals surface area contributed by atoms with Crippen LogP contribution in [0.2, 0.25) is 0 Å². The Morgan fingerprint density at radius 1 is 0.458 bits per heavy atom. The summed E-state index contributed by atoms with van der Waals surface area (Å²) < 4.78 is 5.45. The monoisotopic (exact) mass is 832 g/mol. The van der Waals surface area contributed by atoms with E-state index in [2.05, 4.69) is 43.5 Å². The molecule has 0 radical (unpaired) electrons. The van der Waals surface area contributed by atoms with Gasteiger partial charge in [-0.2, -0.15) is 0 Å². The maximum absolute atomic E-state index is 12.4. The quantitative estimate of drug-likeness (QED) is 0.0322. The highest BCUT2D eigenvalue weighted by atomic mass is 16.5. The number of aliphatic hydroxyl groups is 2. The Morgan fingerprint density at radius 3 is 1.20 bits per heavy atom. The molecule has 2 unspecified atom stereocenters. The largest absolute Gasteiger partial charge is 0.466 e. The molecule has 6 heteroatoms. The fraction of sp³-hybridized carbons (Fsp3) is 0.887. The van der Waals surface area contributed by atoms with E-state index >= 15 is 0 Å². The number of carbonyl (C=O) groups excluding carboxylic acids is 2. The first-order valence-corrected chi connectivity index (χ1v) is 26.1. The summed E-state index contributed by atoms with van der Waals surface area (Å²) in [4.78, 5) is 24.4. The first-order valence-electron chi connectivity index (χ1n) is 26.1. The van der Waals surface area contributed by atoms with Crippen molar-refractivity contribution in [1.29, 1.82) is 0 Å². The van der Waals surface area contributed by atoms with Crippen LogP contribution in [0, 0.1) is 0 Å². The van der Waals surface area contributed by atoms with E-state index in [0.717, 1.165) is 57.8 Å². The maximum Gasteiger partial charge on any atom is 0.305 e. The van der Waals surface area contributed by atoms with Crippen molar-refractivity contribution in [2.45, 2.75) is 289 Å². The second-order valence-electron chi connectivity index (χ2n) is 17.8. The third-order valence-electron chi connectivity index (χ3n) is 12.0. The highest BCUT2D eigenvalue weighted by molar-refractivity contribution is 5.76. The minimum absolute atomic E-state index is 0.0107. The van der Waals surface area contributed by atoms with E-state index in [1.807, 2.05) is 0 Å². The van der Waals surface area contributed by atoms with E-state index < -0.39 is 12.1 Å². The number of hydrogen-bond acceptors (Lipinski definition) is 5. The minimum Gasteiger partial charge on any atom is -0.466 e. The molecule has 0 aliphatic heterocycles. The number of esters is 1. The molecule has 2 atom stereocenters. The Balaban J connectivity index is 3.45. The summed E-state index contributed by atoms with van der Waals surface area (Å²) >= 11 is 0. The second kappa shape index (κ2) is 49.0. The molecule has 0 aliphatic carbocycles. The van der Waals surface area contributed by atoms with Crippen molar-refractivity contribution < 1.29 is 24.5 Å². The molecule has 1 amide bonds. The molecule has 0 aromatic rings. The molecule has 0 saturated heterocycles. The highest BCUT2D eigenvalue weighted by Crippen LogP contribution is 2.16. The van der Waals surface area contributed by atoms with Crippen LogP contribution >= 0.6 is 0 Å². The van der Waals surface area contributed by atoms with Gasteiger partial charge >= 0.3 is 5.97 Å². The van der Waals surface area contributed by atoms with Crippen LogP contribution in [-0.2, 0) is 14.3 Å². The molecule has 0 heterocycles.